The summed E-state index contributed by atoms with van der Waals surface area (Å²) < 4.78 is 16.3. The lowest BCUT2D eigenvalue weighted by Gasteiger charge is -2.21. The lowest BCUT2D eigenvalue weighted by Crippen LogP contribution is -2.31. The van der Waals surface area contributed by atoms with E-state index in [0.717, 1.165) is 0 Å². The van der Waals surface area contributed by atoms with Crippen LogP contribution >= 0.6 is 0 Å². The smallest absolute Gasteiger partial charge is 0.173 e. The fourth-order valence-electron chi connectivity index (χ4n) is 1.93. The summed E-state index contributed by atoms with van der Waals surface area (Å²) in [5, 5.41) is 17.8. The predicted octanol–water partition coefficient (Wildman–Crippen LogP) is -0.210. The maximum Gasteiger partial charge on any atom is 0.173 e. The van der Waals surface area contributed by atoms with E-state index in [-0.39, 0.29) is 18.8 Å². The molecule has 0 spiro atoms. The van der Waals surface area contributed by atoms with Gasteiger partial charge in [0.05, 0.1) is 12.7 Å². The molecule has 5 heteroatoms. The van der Waals surface area contributed by atoms with Crippen LogP contribution in [0.4, 0.5) is 0 Å². The third kappa shape index (κ3) is 1.41. The minimum absolute atomic E-state index is 0.154. The minimum atomic E-state index is -0.693. The van der Waals surface area contributed by atoms with Crippen LogP contribution < -0.4 is 0 Å². The number of hydrogen-bond donors (Lipinski definition) is 1. The Kier molecular flexibility index (Phi) is 2.24. The van der Waals surface area contributed by atoms with Gasteiger partial charge in [-0.25, -0.2) is 0 Å². The van der Waals surface area contributed by atoms with Crippen LogP contribution in [0.1, 0.15) is 13.8 Å². The summed E-state index contributed by atoms with van der Waals surface area (Å²) in [4.78, 5) is 0. The molecule has 0 aromatic rings. The first kappa shape index (κ1) is 9.87. The van der Waals surface area contributed by atoms with Crippen LogP contribution in [0, 0.1) is 11.3 Å². The maximum atomic E-state index is 9.03. The van der Waals surface area contributed by atoms with Crippen LogP contribution in [0.25, 0.3) is 0 Å². The number of rotatable bonds is 1. The second-order valence-corrected chi connectivity index (χ2v) is 3.97. The topological polar surface area (TPSA) is 71.7 Å². The molecule has 78 valence electrons. The van der Waals surface area contributed by atoms with E-state index in [2.05, 4.69) is 0 Å². The molecule has 2 fully saturated rings. The molecule has 2 heterocycles. The molecule has 0 aliphatic carbocycles. The van der Waals surface area contributed by atoms with Crippen LogP contribution in [0.2, 0.25) is 0 Å². The Morgan fingerprint density at radius 1 is 1.36 bits per heavy atom. The summed E-state index contributed by atoms with van der Waals surface area (Å²) in [5.41, 5.74) is 0. The summed E-state index contributed by atoms with van der Waals surface area (Å²) in [6.07, 6.45) is -1.81. The fourth-order valence-corrected chi connectivity index (χ4v) is 1.93. The molecule has 2 aliphatic heterocycles. The van der Waals surface area contributed by atoms with Gasteiger partial charge >= 0.3 is 0 Å². The van der Waals surface area contributed by atoms with Crippen molar-refractivity contribution in [1.29, 1.82) is 5.26 Å². The Hall–Kier alpha value is -0.670. The number of ether oxygens (including phenoxy) is 3. The lowest BCUT2D eigenvalue weighted by atomic mass is 10.1. The van der Waals surface area contributed by atoms with Crippen molar-refractivity contribution in [2.45, 2.75) is 44.1 Å². The highest BCUT2D eigenvalue weighted by Gasteiger charge is 2.55. The van der Waals surface area contributed by atoms with E-state index < -0.39 is 18.0 Å². The standard InChI is InChI=1S/C9H13NO4/c1-9(2)13-7-5(3-10)12-6(4-11)8(7)14-9/h5-8,11H,4H2,1-2H3/t5-,6+,7-,8+/m0/s1. The van der Waals surface area contributed by atoms with Crippen molar-refractivity contribution in [2.75, 3.05) is 6.61 Å². The monoisotopic (exact) mass is 199 g/mol. The van der Waals surface area contributed by atoms with Crippen molar-refractivity contribution in [1.82, 2.24) is 0 Å². The van der Waals surface area contributed by atoms with E-state index in [9.17, 15) is 0 Å². The van der Waals surface area contributed by atoms with Gasteiger partial charge in [0.25, 0.3) is 0 Å². The molecule has 5 nitrogen and oxygen atoms in total. The number of hydrogen-bond acceptors (Lipinski definition) is 5. The van der Waals surface area contributed by atoms with Crippen LogP contribution in [0.3, 0.4) is 0 Å². The summed E-state index contributed by atoms with van der Waals surface area (Å²) in [5.74, 6) is -0.693. The zero-order valence-corrected chi connectivity index (χ0v) is 8.14. The molecule has 0 aromatic heterocycles. The van der Waals surface area contributed by atoms with Crippen LogP contribution in [-0.4, -0.2) is 41.9 Å². The molecule has 0 bridgehead atoms. The molecule has 2 aliphatic rings. The summed E-state index contributed by atoms with van der Waals surface area (Å²) in [6, 6.07) is 2.00. The zero-order chi connectivity index (χ0) is 10.3. The van der Waals surface area contributed by atoms with Gasteiger partial charge in [0, 0.05) is 0 Å². The number of nitrogens with zero attached hydrogens (tertiary/aromatic N) is 1. The third-order valence-electron chi connectivity index (χ3n) is 2.46. The Bertz CT molecular complexity index is 272. The van der Waals surface area contributed by atoms with Crippen molar-refractivity contribution >= 4 is 0 Å². The Morgan fingerprint density at radius 2 is 2.00 bits per heavy atom. The average molecular weight is 199 g/mol. The van der Waals surface area contributed by atoms with E-state index >= 15 is 0 Å². The molecule has 0 radical (unpaired) electrons. The number of nitriles is 1. The van der Waals surface area contributed by atoms with E-state index in [4.69, 9.17) is 24.6 Å². The van der Waals surface area contributed by atoms with Crippen LogP contribution in [-0.2, 0) is 14.2 Å². The normalized spacial score (nSPS) is 44.7. The molecule has 0 saturated carbocycles. The predicted molar refractivity (Wildman–Crippen MR) is 45.2 cm³/mol. The van der Waals surface area contributed by atoms with Gasteiger partial charge in [-0.3, -0.25) is 0 Å². The molecule has 2 saturated heterocycles. The molecule has 0 unspecified atom stereocenters. The van der Waals surface area contributed by atoms with Gasteiger partial charge in [0.15, 0.2) is 11.9 Å². The highest BCUT2D eigenvalue weighted by molar-refractivity contribution is 5.06. The second kappa shape index (κ2) is 3.17. The molecule has 1 N–H and O–H groups in total. The first-order valence-corrected chi connectivity index (χ1v) is 4.59. The van der Waals surface area contributed by atoms with E-state index in [1.165, 1.54) is 0 Å². The first-order valence-electron chi connectivity index (χ1n) is 4.59. The van der Waals surface area contributed by atoms with E-state index in [1.54, 1.807) is 13.8 Å². The molecule has 0 aromatic carbocycles. The summed E-state index contributed by atoms with van der Waals surface area (Å²) in [6.45, 7) is 3.42. The van der Waals surface area contributed by atoms with E-state index in [0.29, 0.717) is 0 Å². The van der Waals surface area contributed by atoms with Gasteiger partial charge in [-0.05, 0) is 13.8 Å². The Balaban J connectivity index is 2.17. The number of aliphatic hydroxyl groups is 1. The Morgan fingerprint density at radius 3 is 2.57 bits per heavy atom. The highest BCUT2D eigenvalue weighted by Crippen LogP contribution is 2.38. The fraction of sp³-hybridized carbons (Fsp3) is 0.889. The first-order chi connectivity index (χ1) is 6.57. The lowest BCUT2D eigenvalue weighted by molar-refractivity contribution is -0.184. The van der Waals surface area contributed by atoms with Gasteiger partial charge in [0.2, 0.25) is 0 Å². The zero-order valence-electron chi connectivity index (χ0n) is 8.14. The molecular weight excluding hydrogens is 186 g/mol. The van der Waals surface area contributed by atoms with E-state index in [1.807, 2.05) is 6.07 Å². The van der Waals surface area contributed by atoms with Crippen LogP contribution in [0.15, 0.2) is 0 Å². The third-order valence-corrected chi connectivity index (χ3v) is 2.46. The second-order valence-electron chi connectivity index (χ2n) is 3.97. The van der Waals surface area contributed by atoms with Crippen molar-refractivity contribution in [3.05, 3.63) is 0 Å². The SMILES string of the molecule is CC1(C)O[C@@H]2[C@H](O1)[C@@H](CO)O[C@H]2C#N. The van der Waals surface area contributed by atoms with Gasteiger partial charge < -0.3 is 19.3 Å². The Labute approximate surface area is 82.2 Å². The number of aliphatic hydroxyl groups excluding tert-OH is 1. The van der Waals surface area contributed by atoms with Crippen molar-refractivity contribution in [3.63, 3.8) is 0 Å². The summed E-state index contributed by atoms with van der Waals surface area (Å²) in [7, 11) is 0. The van der Waals surface area contributed by atoms with Gasteiger partial charge in [0.1, 0.15) is 18.3 Å². The van der Waals surface area contributed by atoms with Crippen molar-refractivity contribution in [3.8, 4) is 6.07 Å². The maximum absolute atomic E-state index is 9.03. The quantitative estimate of drug-likeness (QED) is 0.632. The average Bonchev–Trinajstić information content (AvgIpc) is 2.57. The molecule has 14 heavy (non-hydrogen) atoms. The molecule has 0 amide bonds. The van der Waals surface area contributed by atoms with Gasteiger partial charge in [-0.1, -0.05) is 0 Å². The van der Waals surface area contributed by atoms with Crippen molar-refractivity contribution < 1.29 is 19.3 Å². The van der Waals surface area contributed by atoms with Crippen molar-refractivity contribution in [2.24, 2.45) is 0 Å². The molecular formula is C9H13NO4. The van der Waals surface area contributed by atoms with Gasteiger partial charge in [-0.15, -0.1) is 0 Å². The largest absolute Gasteiger partial charge is 0.394 e. The summed E-state index contributed by atoms with van der Waals surface area (Å²) >= 11 is 0. The van der Waals surface area contributed by atoms with Crippen LogP contribution in [0.5, 0.6) is 0 Å². The highest BCUT2D eigenvalue weighted by atomic mass is 16.8. The minimum Gasteiger partial charge on any atom is -0.394 e. The van der Waals surface area contributed by atoms with Gasteiger partial charge in [-0.2, -0.15) is 5.26 Å². The number of fused-ring (bicyclic) bond motifs is 1. The molecule has 4 atom stereocenters. The molecule has 2 rings (SSSR count).